The van der Waals surface area contributed by atoms with E-state index in [4.69, 9.17) is 0 Å². The normalized spacial score (nSPS) is 11.8. The van der Waals surface area contributed by atoms with E-state index in [1.54, 1.807) is 12.1 Å². The summed E-state index contributed by atoms with van der Waals surface area (Å²) >= 11 is 4.55. The van der Waals surface area contributed by atoms with Gasteiger partial charge in [-0.1, -0.05) is 4.49 Å². The molecule has 0 radical (unpaired) electrons. The van der Waals surface area contributed by atoms with Crippen LogP contribution in [0.5, 0.6) is 0 Å². The molecule has 3 nitrogen and oxygen atoms in total. The van der Waals surface area contributed by atoms with Crippen LogP contribution in [0, 0.1) is 5.82 Å². The van der Waals surface area contributed by atoms with Crippen molar-refractivity contribution in [2.24, 2.45) is 0 Å². The Balaban J connectivity index is 2.26. The number of hydrogen-bond donors (Lipinski definition) is 1. The zero-order valence-corrected chi connectivity index (χ0v) is 13.4. The number of benzene rings is 1. The third-order valence-electron chi connectivity index (χ3n) is 2.53. The monoisotopic (exact) mass is 343 g/mol. The van der Waals surface area contributed by atoms with Gasteiger partial charge in [0.15, 0.2) is 0 Å². The lowest BCUT2D eigenvalue weighted by Gasteiger charge is -2.19. The fourth-order valence-corrected chi connectivity index (χ4v) is 2.51. The summed E-state index contributed by atoms with van der Waals surface area (Å²) in [5, 5.41) is 7.55. The van der Waals surface area contributed by atoms with Crippen LogP contribution >= 0.6 is 27.5 Å². The summed E-state index contributed by atoms with van der Waals surface area (Å²) in [6.45, 7) is 7.02. The molecular weight excluding hydrogens is 329 g/mol. The van der Waals surface area contributed by atoms with E-state index < -0.39 is 0 Å². The average molecular weight is 344 g/mol. The van der Waals surface area contributed by atoms with Crippen LogP contribution in [0.1, 0.15) is 25.6 Å². The molecule has 2 aromatic rings. The van der Waals surface area contributed by atoms with E-state index in [1.807, 2.05) is 0 Å². The summed E-state index contributed by atoms with van der Waals surface area (Å²) in [6, 6.07) is 4.88. The minimum atomic E-state index is -0.277. The van der Waals surface area contributed by atoms with Gasteiger partial charge in [-0.2, -0.15) is 0 Å². The van der Waals surface area contributed by atoms with Crippen LogP contribution in [0.3, 0.4) is 0 Å². The van der Waals surface area contributed by atoms with Crippen molar-refractivity contribution in [1.82, 2.24) is 14.9 Å². The van der Waals surface area contributed by atoms with Gasteiger partial charge in [-0.3, -0.25) is 0 Å². The van der Waals surface area contributed by atoms with Crippen molar-refractivity contribution >= 4 is 27.5 Å². The molecule has 0 unspecified atom stereocenters. The third-order valence-corrected chi connectivity index (χ3v) is 3.86. The molecule has 6 heteroatoms. The van der Waals surface area contributed by atoms with E-state index in [0.717, 1.165) is 16.1 Å². The van der Waals surface area contributed by atoms with Crippen LogP contribution in [-0.4, -0.2) is 15.1 Å². The van der Waals surface area contributed by atoms with Gasteiger partial charge < -0.3 is 5.32 Å². The Hall–Kier alpha value is -0.850. The number of hydrogen-bond acceptors (Lipinski definition) is 4. The SMILES string of the molecule is CC(C)(C)NCc1snnc1-c1ccc(F)c(Br)c1. The highest BCUT2D eigenvalue weighted by atomic mass is 79.9. The lowest BCUT2D eigenvalue weighted by Crippen LogP contribution is -2.34. The van der Waals surface area contributed by atoms with Crippen LogP contribution < -0.4 is 5.32 Å². The summed E-state index contributed by atoms with van der Waals surface area (Å²) in [5.74, 6) is -0.277. The van der Waals surface area contributed by atoms with Gasteiger partial charge in [-0.25, -0.2) is 4.39 Å². The largest absolute Gasteiger partial charge is 0.307 e. The fraction of sp³-hybridized carbons (Fsp3) is 0.385. The van der Waals surface area contributed by atoms with Gasteiger partial charge in [-0.05, 0) is 66.4 Å². The van der Waals surface area contributed by atoms with Crippen molar-refractivity contribution in [3.05, 3.63) is 33.4 Å². The molecule has 0 saturated heterocycles. The summed E-state index contributed by atoms with van der Waals surface area (Å²) in [5.41, 5.74) is 1.71. The first-order valence-electron chi connectivity index (χ1n) is 5.88. The number of halogens is 2. The van der Waals surface area contributed by atoms with E-state index in [-0.39, 0.29) is 11.4 Å². The Kier molecular flexibility index (Phi) is 4.32. The Bertz CT molecular complexity index is 578. The molecule has 19 heavy (non-hydrogen) atoms. The van der Waals surface area contributed by atoms with Gasteiger partial charge in [0.1, 0.15) is 11.5 Å². The lowest BCUT2D eigenvalue weighted by atomic mass is 10.1. The smallest absolute Gasteiger partial charge is 0.137 e. The van der Waals surface area contributed by atoms with Crippen molar-refractivity contribution in [1.29, 1.82) is 0 Å². The molecule has 1 N–H and O–H groups in total. The van der Waals surface area contributed by atoms with Gasteiger partial charge >= 0.3 is 0 Å². The Morgan fingerprint density at radius 1 is 1.37 bits per heavy atom. The van der Waals surface area contributed by atoms with Gasteiger partial charge in [0.2, 0.25) is 0 Å². The molecule has 1 aromatic heterocycles. The molecule has 0 aliphatic heterocycles. The molecule has 0 saturated carbocycles. The van der Waals surface area contributed by atoms with Crippen LogP contribution in [-0.2, 0) is 6.54 Å². The highest BCUT2D eigenvalue weighted by Crippen LogP contribution is 2.28. The van der Waals surface area contributed by atoms with E-state index in [9.17, 15) is 4.39 Å². The maximum Gasteiger partial charge on any atom is 0.137 e. The van der Waals surface area contributed by atoms with Gasteiger partial charge in [0.25, 0.3) is 0 Å². The molecule has 2 rings (SSSR count). The number of rotatable bonds is 3. The zero-order valence-electron chi connectivity index (χ0n) is 11.0. The van der Waals surface area contributed by atoms with Crippen LogP contribution in [0.25, 0.3) is 11.3 Å². The molecule has 0 aliphatic carbocycles. The Morgan fingerprint density at radius 2 is 2.11 bits per heavy atom. The lowest BCUT2D eigenvalue weighted by molar-refractivity contribution is 0.426. The van der Waals surface area contributed by atoms with Crippen molar-refractivity contribution in [2.45, 2.75) is 32.9 Å². The third kappa shape index (κ3) is 3.81. The Morgan fingerprint density at radius 3 is 2.74 bits per heavy atom. The number of nitrogens with one attached hydrogen (secondary N) is 1. The van der Waals surface area contributed by atoms with Crippen LogP contribution in [0.15, 0.2) is 22.7 Å². The highest BCUT2D eigenvalue weighted by molar-refractivity contribution is 9.10. The van der Waals surface area contributed by atoms with E-state index >= 15 is 0 Å². The van der Waals surface area contributed by atoms with E-state index in [2.05, 4.69) is 51.6 Å². The molecule has 0 atom stereocenters. The maximum absolute atomic E-state index is 13.3. The molecule has 0 aliphatic rings. The van der Waals surface area contributed by atoms with Crippen molar-refractivity contribution < 1.29 is 4.39 Å². The second-order valence-corrected chi connectivity index (χ2v) is 6.97. The molecule has 0 fully saturated rings. The molecule has 1 aromatic carbocycles. The standard InChI is InChI=1S/C13H15BrFN3S/c1-13(2,3)16-7-11-12(17-18-19-11)8-4-5-10(15)9(14)6-8/h4-6,16H,7H2,1-3H3. The molecule has 0 amide bonds. The maximum atomic E-state index is 13.3. The zero-order chi connectivity index (χ0) is 14.0. The topological polar surface area (TPSA) is 37.8 Å². The second-order valence-electron chi connectivity index (χ2n) is 5.28. The van der Waals surface area contributed by atoms with Gasteiger partial charge in [0, 0.05) is 17.6 Å². The summed E-state index contributed by atoms with van der Waals surface area (Å²) in [6.07, 6.45) is 0. The second kappa shape index (κ2) is 5.64. The predicted molar refractivity (Wildman–Crippen MR) is 79.6 cm³/mol. The first-order valence-corrected chi connectivity index (χ1v) is 7.45. The Labute approximate surface area is 124 Å². The van der Waals surface area contributed by atoms with E-state index in [1.165, 1.54) is 17.6 Å². The quantitative estimate of drug-likeness (QED) is 0.915. The van der Waals surface area contributed by atoms with Gasteiger partial charge in [-0.15, -0.1) is 5.10 Å². The van der Waals surface area contributed by atoms with Crippen molar-refractivity contribution in [3.8, 4) is 11.3 Å². The van der Waals surface area contributed by atoms with Crippen molar-refractivity contribution in [3.63, 3.8) is 0 Å². The average Bonchev–Trinajstić information content (AvgIpc) is 2.77. The van der Waals surface area contributed by atoms with E-state index in [0.29, 0.717) is 11.0 Å². The summed E-state index contributed by atoms with van der Waals surface area (Å²) < 4.78 is 17.7. The minimum Gasteiger partial charge on any atom is -0.307 e. The summed E-state index contributed by atoms with van der Waals surface area (Å²) in [7, 11) is 0. The van der Waals surface area contributed by atoms with Gasteiger partial charge in [0.05, 0.1) is 9.35 Å². The van der Waals surface area contributed by atoms with Crippen LogP contribution in [0.2, 0.25) is 0 Å². The first-order chi connectivity index (χ1) is 8.87. The molecule has 102 valence electrons. The van der Waals surface area contributed by atoms with Crippen molar-refractivity contribution in [2.75, 3.05) is 0 Å². The van der Waals surface area contributed by atoms with Crippen LogP contribution in [0.4, 0.5) is 4.39 Å². The highest BCUT2D eigenvalue weighted by Gasteiger charge is 2.15. The number of nitrogens with zero attached hydrogens (tertiary/aromatic N) is 2. The molecule has 1 heterocycles. The minimum absolute atomic E-state index is 0.0324. The fourth-order valence-electron chi connectivity index (χ4n) is 1.53. The molecule has 0 spiro atoms. The molecule has 0 bridgehead atoms. The number of aromatic nitrogens is 2. The first kappa shape index (κ1) is 14.6. The molecular formula is C13H15BrFN3S. The predicted octanol–water partition coefficient (Wildman–Crippen LogP) is 3.99. The summed E-state index contributed by atoms with van der Waals surface area (Å²) in [4.78, 5) is 1.05.